The van der Waals surface area contributed by atoms with Crippen molar-refractivity contribution in [2.75, 3.05) is 6.54 Å². The molecule has 2 saturated carbocycles. The van der Waals surface area contributed by atoms with Gasteiger partial charge in [-0.3, -0.25) is 4.79 Å². The predicted octanol–water partition coefficient (Wildman–Crippen LogP) is 6.15. The molecule has 0 bridgehead atoms. The molecule has 3 fully saturated rings. The molecule has 26 heavy (non-hydrogen) atoms. The Labute approximate surface area is 166 Å². The Balaban J connectivity index is 1.72. The lowest BCUT2D eigenvalue weighted by Gasteiger charge is -2.51. The van der Waals surface area contributed by atoms with Gasteiger partial charge in [0.15, 0.2) is 0 Å². The first-order chi connectivity index (χ1) is 12.5. The third-order valence-electron chi connectivity index (χ3n) is 6.99. The molecule has 1 heterocycles. The van der Waals surface area contributed by atoms with Crippen molar-refractivity contribution in [3.63, 3.8) is 0 Å². The maximum absolute atomic E-state index is 13.0. The minimum atomic E-state index is -0.103. The number of benzene rings is 1. The van der Waals surface area contributed by atoms with Gasteiger partial charge in [0.05, 0.1) is 10.0 Å². The number of carbonyl (C=O) groups is 1. The SMILES string of the molecule is C=CC[C@]1(c2ccc(Cl)c(Cl)c2)CCC(=O)N(C2(C3CC3)CCCC2)C1. The Morgan fingerprint density at radius 2 is 1.88 bits per heavy atom. The van der Waals surface area contributed by atoms with Crippen molar-refractivity contribution in [3.05, 3.63) is 46.5 Å². The molecule has 4 rings (SSSR count). The minimum Gasteiger partial charge on any atom is -0.336 e. The largest absolute Gasteiger partial charge is 0.336 e. The fourth-order valence-corrected chi connectivity index (χ4v) is 5.78. The maximum atomic E-state index is 13.0. The van der Waals surface area contributed by atoms with Gasteiger partial charge in [0.25, 0.3) is 0 Å². The second-order valence-corrected chi connectivity index (χ2v) is 9.28. The summed E-state index contributed by atoms with van der Waals surface area (Å²) >= 11 is 12.5. The van der Waals surface area contributed by atoms with E-state index in [1.165, 1.54) is 44.1 Å². The number of piperidine rings is 1. The molecule has 1 aromatic carbocycles. The topological polar surface area (TPSA) is 20.3 Å². The quantitative estimate of drug-likeness (QED) is 0.550. The van der Waals surface area contributed by atoms with Gasteiger partial charge < -0.3 is 4.90 Å². The summed E-state index contributed by atoms with van der Waals surface area (Å²) in [6, 6.07) is 5.97. The first-order valence-corrected chi connectivity index (χ1v) is 10.6. The monoisotopic (exact) mass is 391 g/mol. The molecule has 4 heteroatoms. The van der Waals surface area contributed by atoms with Gasteiger partial charge in [-0.15, -0.1) is 6.58 Å². The number of likely N-dealkylation sites (tertiary alicyclic amines) is 1. The molecule has 140 valence electrons. The van der Waals surface area contributed by atoms with E-state index in [0.29, 0.717) is 28.3 Å². The zero-order valence-electron chi connectivity index (χ0n) is 15.3. The summed E-state index contributed by atoms with van der Waals surface area (Å²) in [7, 11) is 0. The van der Waals surface area contributed by atoms with E-state index in [9.17, 15) is 4.79 Å². The van der Waals surface area contributed by atoms with Gasteiger partial charge in [-0.1, -0.05) is 48.2 Å². The Hall–Kier alpha value is -0.990. The van der Waals surface area contributed by atoms with Gasteiger partial charge in [-0.05, 0) is 62.1 Å². The Kier molecular flexibility index (Phi) is 4.86. The van der Waals surface area contributed by atoms with Gasteiger partial charge in [0, 0.05) is 23.9 Å². The average Bonchev–Trinajstić information content (AvgIpc) is 3.38. The summed E-state index contributed by atoms with van der Waals surface area (Å²) in [6.45, 7) is 4.79. The van der Waals surface area contributed by atoms with Crippen LogP contribution in [0.1, 0.15) is 63.4 Å². The van der Waals surface area contributed by atoms with E-state index in [4.69, 9.17) is 23.2 Å². The summed E-state index contributed by atoms with van der Waals surface area (Å²) in [5.41, 5.74) is 1.20. The summed E-state index contributed by atoms with van der Waals surface area (Å²) < 4.78 is 0. The normalized spacial score (nSPS) is 28.4. The highest BCUT2D eigenvalue weighted by Gasteiger charge is 2.55. The number of halogens is 2. The average molecular weight is 392 g/mol. The van der Waals surface area contributed by atoms with Crippen molar-refractivity contribution in [1.29, 1.82) is 0 Å². The number of hydrogen-bond acceptors (Lipinski definition) is 1. The molecule has 1 aromatic rings. The second-order valence-electron chi connectivity index (χ2n) is 8.47. The third-order valence-corrected chi connectivity index (χ3v) is 7.73. The molecule has 0 aromatic heterocycles. The molecule has 3 aliphatic rings. The van der Waals surface area contributed by atoms with Crippen LogP contribution in [0.4, 0.5) is 0 Å². The van der Waals surface area contributed by atoms with Gasteiger partial charge in [-0.25, -0.2) is 0 Å². The van der Waals surface area contributed by atoms with Crippen LogP contribution in [-0.2, 0) is 10.2 Å². The van der Waals surface area contributed by atoms with E-state index in [1.54, 1.807) is 0 Å². The second kappa shape index (κ2) is 6.87. The molecule has 1 atom stereocenters. The molecule has 0 N–H and O–H groups in total. The highest BCUT2D eigenvalue weighted by atomic mass is 35.5. The van der Waals surface area contributed by atoms with Crippen molar-refractivity contribution < 1.29 is 4.79 Å². The summed E-state index contributed by atoms with van der Waals surface area (Å²) in [5, 5.41) is 1.17. The van der Waals surface area contributed by atoms with Crippen molar-refractivity contribution in [1.82, 2.24) is 4.90 Å². The number of rotatable bonds is 5. The first-order valence-electron chi connectivity index (χ1n) is 9.88. The molecule has 0 unspecified atom stereocenters. The zero-order chi connectivity index (χ0) is 18.4. The minimum absolute atomic E-state index is 0.103. The van der Waals surface area contributed by atoms with Crippen LogP contribution < -0.4 is 0 Å². The van der Waals surface area contributed by atoms with Gasteiger partial charge >= 0.3 is 0 Å². The third kappa shape index (κ3) is 2.99. The van der Waals surface area contributed by atoms with Crippen LogP contribution >= 0.6 is 23.2 Å². The smallest absolute Gasteiger partial charge is 0.223 e. The number of amides is 1. The van der Waals surface area contributed by atoms with Crippen LogP contribution in [0.15, 0.2) is 30.9 Å². The van der Waals surface area contributed by atoms with Gasteiger partial charge in [-0.2, -0.15) is 0 Å². The molecule has 1 saturated heterocycles. The van der Waals surface area contributed by atoms with Crippen molar-refractivity contribution in [2.45, 2.75) is 68.7 Å². The first kappa shape index (κ1) is 18.4. The molecule has 2 nitrogen and oxygen atoms in total. The van der Waals surface area contributed by atoms with Crippen LogP contribution in [0.5, 0.6) is 0 Å². The zero-order valence-corrected chi connectivity index (χ0v) is 16.8. The molecule has 1 aliphatic heterocycles. The molecular formula is C22H27Cl2NO. The van der Waals surface area contributed by atoms with E-state index < -0.39 is 0 Å². The standard InChI is InChI=1S/C22H27Cl2NO/c1-2-10-21(17-7-8-18(23)19(24)14-17)13-9-20(26)25(15-21)22(16-5-6-16)11-3-4-12-22/h2,7-8,14,16H,1,3-6,9-13,15H2/t21-/m0/s1. The summed E-state index contributed by atoms with van der Waals surface area (Å²) in [4.78, 5) is 15.3. The molecular weight excluding hydrogens is 365 g/mol. The van der Waals surface area contributed by atoms with Crippen LogP contribution in [-0.4, -0.2) is 22.9 Å². The number of carbonyl (C=O) groups excluding carboxylic acids is 1. The molecule has 0 spiro atoms. The lowest BCUT2D eigenvalue weighted by molar-refractivity contribution is -0.144. The predicted molar refractivity (Wildman–Crippen MR) is 108 cm³/mol. The number of allylic oxidation sites excluding steroid dienone is 1. The van der Waals surface area contributed by atoms with Gasteiger partial charge in [0.2, 0.25) is 5.91 Å². The van der Waals surface area contributed by atoms with E-state index >= 15 is 0 Å². The lowest BCUT2D eigenvalue weighted by atomic mass is 9.70. The van der Waals surface area contributed by atoms with Crippen molar-refractivity contribution >= 4 is 29.1 Å². The fourth-order valence-electron chi connectivity index (χ4n) is 5.49. The maximum Gasteiger partial charge on any atom is 0.223 e. The fraction of sp³-hybridized carbons (Fsp3) is 0.591. The van der Waals surface area contributed by atoms with Crippen LogP contribution in [0, 0.1) is 5.92 Å². The Morgan fingerprint density at radius 1 is 1.15 bits per heavy atom. The number of hydrogen-bond donors (Lipinski definition) is 0. The van der Waals surface area contributed by atoms with Crippen molar-refractivity contribution in [2.24, 2.45) is 5.92 Å². The highest BCUT2D eigenvalue weighted by molar-refractivity contribution is 6.42. The highest BCUT2D eigenvalue weighted by Crippen LogP contribution is 2.54. The van der Waals surface area contributed by atoms with Crippen molar-refractivity contribution in [3.8, 4) is 0 Å². The lowest BCUT2D eigenvalue weighted by Crippen LogP contribution is -2.59. The molecule has 1 amide bonds. The van der Waals surface area contributed by atoms with E-state index in [-0.39, 0.29) is 11.0 Å². The Morgan fingerprint density at radius 3 is 2.50 bits per heavy atom. The summed E-state index contributed by atoms with van der Waals surface area (Å²) in [5.74, 6) is 1.06. The molecule has 0 radical (unpaired) electrons. The van der Waals surface area contributed by atoms with Crippen LogP contribution in [0.25, 0.3) is 0 Å². The van der Waals surface area contributed by atoms with E-state index in [0.717, 1.165) is 19.4 Å². The Bertz CT molecular complexity index is 721. The van der Waals surface area contributed by atoms with Crippen LogP contribution in [0.3, 0.4) is 0 Å². The summed E-state index contributed by atoms with van der Waals surface area (Å²) in [6.07, 6.45) is 11.7. The molecule has 2 aliphatic carbocycles. The van der Waals surface area contributed by atoms with E-state index in [2.05, 4.69) is 17.5 Å². The van der Waals surface area contributed by atoms with E-state index in [1.807, 2.05) is 18.2 Å². The van der Waals surface area contributed by atoms with Gasteiger partial charge in [0.1, 0.15) is 0 Å². The van der Waals surface area contributed by atoms with Crippen LogP contribution in [0.2, 0.25) is 10.0 Å². The number of nitrogens with zero attached hydrogens (tertiary/aromatic N) is 1.